The van der Waals surface area contributed by atoms with Crippen LogP contribution in [0.15, 0.2) is 49.2 Å². The zero-order valence-electron chi connectivity index (χ0n) is 21.2. The molecule has 0 saturated carbocycles. The van der Waals surface area contributed by atoms with Crippen molar-refractivity contribution in [2.45, 2.75) is 0 Å². The topological polar surface area (TPSA) is 130 Å². The van der Waals surface area contributed by atoms with Gasteiger partial charge in [0.2, 0.25) is 5.82 Å². The number of fused-ring (bicyclic) bond motifs is 1. The van der Waals surface area contributed by atoms with E-state index >= 15 is 0 Å². The molecule has 0 atom stereocenters. The predicted molar refractivity (Wildman–Crippen MR) is 138 cm³/mol. The number of aryl methyl sites for hydroxylation is 2. The van der Waals surface area contributed by atoms with E-state index in [-0.39, 0.29) is 5.91 Å². The first kappa shape index (κ1) is 23.6. The molecule has 38 heavy (non-hydrogen) atoms. The quantitative estimate of drug-likeness (QED) is 0.362. The van der Waals surface area contributed by atoms with Crippen LogP contribution in [0.25, 0.3) is 28.4 Å². The van der Waals surface area contributed by atoms with E-state index in [2.05, 4.69) is 20.4 Å². The molecule has 0 bridgehead atoms. The number of carbonyl (C=O) groups excluding carboxylic acids is 1. The number of pyridine rings is 1. The minimum atomic E-state index is -0.147. The summed E-state index contributed by atoms with van der Waals surface area (Å²) in [6.45, 7) is 1.94. The Bertz CT molecular complexity index is 1630. The summed E-state index contributed by atoms with van der Waals surface area (Å²) in [6.07, 6.45) is 8.79. The second kappa shape index (κ2) is 9.59. The lowest BCUT2D eigenvalue weighted by Gasteiger charge is -2.27. The first-order valence-corrected chi connectivity index (χ1v) is 12.1. The van der Waals surface area contributed by atoms with Crippen LogP contribution in [0.4, 0.5) is 11.6 Å². The fraction of sp³-hybridized carbons (Fsp3) is 0.280. The number of imidazole rings is 1. The van der Waals surface area contributed by atoms with Gasteiger partial charge in [0.1, 0.15) is 17.1 Å². The highest BCUT2D eigenvalue weighted by Gasteiger charge is 2.30. The first-order chi connectivity index (χ1) is 18.5. The maximum atomic E-state index is 14.0. The molecule has 0 unspecified atom stereocenters. The highest BCUT2D eigenvalue weighted by atomic mass is 16.5. The van der Waals surface area contributed by atoms with E-state index in [1.165, 1.54) is 0 Å². The van der Waals surface area contributed by atoms with Crippen molar-refractivity contribution < 1.29 is 14.3 Å². The minimum Gasteiger partial charge on any atom is -0.497 e. The Balaban J connectivity index is 1.60. The van der Waals surface area contributed by atoms with Crippen molar-refractivity contribution in [3.05, 3.63) is 54.7 Å². The van der Waals surface area contributed by atoms with Crippen molar-refractivity contribution in [3.63, 3.8) is 0 Å². The molecule has 0 spiro atoms. The Morgan fingerprint density at radius 2 is 1.92 bits per heavy atom. The highest BCUT2D eigenvalue weighted by molar-refractivity contribution is 6.09. The standard InChI is InChI=1S/C25H26N10O3/c1-32-9-7-27-24(32)23-29-22(28-19-14-16(37-3)4-6-26-19)21-20(25(36)34-10-12-38-13-11-34)17(15-35(21)31-23)18-5-8-33(2)30-18/h4-9,14-15H,10-13H2,1-3H3,(H,26,28,29,31). The van der Waals surface area contributed by atoms with Gasteiger partial charge in [0.15, 0.2) is 11.6 Å². The number of hydrogen-bond donors (Lipinski definition) is 1. The zero-order chi connectivity index (χ0) is 26.2. The van der Waals surface area contributed by atoms with Crippen LogP contribution in [0.1, 0.15) is 10.4 Å². The van der Waals surface area contributed by atoms with Crippen LogP contribution in [-0.4, -0.2) is 83.1 Å². The fourth-order valence-electron chi connectivity index (χ4n) is 4.47. The molecule has 1 fully saturated rings. The summed E-state index contributed by atoms with van der Waals surface area (Å²) in [5.74, 6) is 2.34. The Kier molecular flexibility index (Phi) is 5.96. The summed E-state index contributed by atoms with van der Waals surface area (Å²) in [6, 6.07) is 5.38. The molecule has 0 radical (unpaired) electrons. The molecule has 1 aliphatic heterocycles. The molecule has 0 aliphatic carbocycles. The maximum Gasteiger partial charge on any atom is 0.257 e. The first-order valence-electron chi connectivity index (χ1n) is 12.1. The maximum absolute atomic E-state index is 14.0. The number of nitrogens with zero attached hydrogens (tertiary/aromatic N) is 9. The van der Waals surface area contributed by atoms with Crippen LogP contribution in [0.3, 0.4) is 0 Å². The van der Waals surface area contributed by atoms with Gasteiger partial charge >= 0.3 is 0 Å². The number of anilines is 2. The van der Waals surface area contributed by atoms with Crippen molar-refractivity contribution in [3.8, 4) is 28.7 Å². The average Bonchev–Trinajstić information content (AvgIpc) is 3.66. The molecule has 0 aromatic carbocycles. The smallest absolute Gasteiger partial charge is 0.257 e. The van der Waals surface area contributed by atoms with E-state index < -0.39 is 0 Å². The monoisotopic (exact) mass is 514 g/mol. The molecular formula is C25H26N10O3. The normalized spacial score (nSPS) is 13.7. The Hall–Kier alpha value is -4.78. The van der Waals surface area contributed by atoms with Crippen LogP contribution in [-0.2, 0) is 18.8 Å². The molecule has 5 aromatic rings. The third-order valence-corrected chi connectivity index (χ3v) is 6.37. The molecule has 6 rings (SSSR count). The molecule has 13 nitrogen and oxygen atoms in total. The van der Waals surface area contributed by atoms with Gasteiger partial charge in [-0.1, -0.05) is 0 Å². The van der Waals surface area contributed by atoms with Crippen LogP contribution < -0.4 is 10.1 Å². The Labute approximate surface area is 217 Å². The second-order valence-corrected chi connectivity index (χ2v) is 8.84. The minimum absolute atomic E-state index is 0.147. The van der Waals surface area contributed by atoms with Gasteiger partial charge in [-0.05, 0) is 12.1 Å². The molecule has 1 aliphatic rings. The summed E-state index contributed by atoms with van der Waals surface area (Å²) < 4.78 is 16.0. The number of methoxy groups -OCH3 is 1. The summed E-state index contributed by atoms with van der Waals surface area (Å²) in [4.78, 5) is 29.5. The molecule has 6 heterocycles. The molecule has 1 N–H and O–H groups in total. The second-order valence-electron chi connectivity index (χ2n) is 8.84. The number of ether oxygens (including phenoxy) is 2. The van der Waals surface area contributed by atoms with Gasteiger partial charge in [0.25, 0.3) is 5.91 Å². The summed E-state index contributed by atoms with van der Waals surface area (Å²) in [5, 5.41) is 12.6. The molecule has 1 saturated heterocycles. The van der Waals surface area contributed by atoms with Crippen molar-refractivity contribution in [1.29, 1.82) is 0 Å². The highest BCUT2D eigenvalue weighted by Crippen LogP contribution is 2.34. The number of amides is 1. The summed E-state index contributed by atoms with van der Waals surface area (Å²) in [5.41, 5.74) is 2.25. The lowest BCUT2D eigenvalue weighted by Crippen LogP contribution is -2.40. The van der Waals surface area contributed by atoms with Crippen LogP contribution in [0, 0.1) is 0 Å². The molecule has 194 valence electrons. The van der Waals surface area contributed by atoms with Gasteiger partial charge in [-0.2, -0.15) is 5.10 Å². The third kappa shape index (κ3) is 4.22. The van der Waals surface area contributed by atoms with Gasteiger partial charge in [-0.3, -0.25) is 9.48 Å². The predicted octanol–water partition coefficient (Wildman–Crippen LogP) is 2.15. The SMILES string of the molecule is COc1ccnc(Nc2nc(-c3nccn3C)nn3cc(-c4ccn(C)n4)c(C(=O)N4CCOCC4)c23)c1. The van der Waals surface area contributed by atoms with Crippen LogP contribution >= 0.6 is 0 Å². The van der Waals surface area contributed by atoms with E-state index in [1.54, 1.807) is 45.7 Å². The Morgan fingerprint density at radius 1 is 1.08 bits per heavy atom. The van der Waals surface area contributed by atoms with Gasteiger partial charge in [-0.15, -0.1) is 5.10 Å². The summed E-state index contributed by atoms with van der Waals surface area (Å²) >= 11 is 0. The lowest BCUT2D eigenvalue weighted by atomic mass is 10.1. The summed E-state index contributed by atoms with van der Waals surface area (Å²) in [7, 11) is 5.30. The van der Waals surface area contributed by atoms with Gasteiger partial charge in [-0.25, -0.2) is 19.5 Å². The Morgan fingerprint density at radius 3 is 2.63 bits per heavy atom. The fourth-order valence-corrected chi connectivity index (χ4v) is 4.47. The molecular weight excluding hydrogens is 488 g/mol. The molecule has 13 heteroatoms. The van der Waals surface area contributed by atoms with Crippen molar-refractivity contribution in [1.82, 2.24) is 43.8 Å². The number of carbonyl (C=O) groups is 1. The average molecular weight is 515 g/mol. The van der Waals surface area contributed by atoms with Crippen molar-refractivity contribution in [2.24, 2.45) is 14.1 Å². The van der Waals surface area contributed by atoms with Gasteiger partial charge in [0.05, 0.1) is 31.6 Å². The van der Waals surface area contributed by atoms with Crippen molar-refractivity contribution in [2.75, 3.05) is 38.7 Å². The van der Waals surface area contributed by atoms with Gasteiger partial charge < -0.3 is 24.3 Å². The van der Waals surface area contributed by atoms with E-state index in [9.17, 15) is 4.79 Å². The van der Waals surface area contributed by atoms with E-state index in [1.807, 2.05) is 43.3 Å². The third-order valence-electron chi connectivity index (χ3n) is 6.37. The lowest BCUT2D eigenvalue weighted by molar-refractivity contribution is 0.0304. The van der Waals surface area contributed by atoms with Crippen LogP contribution in [0.5, 0.6) is 5.75 Å². The number of rotatable bonds is 6. The van der Waals surface area contributed by atoms with Crippen LogP contribution in [0.2, 0.25) is 0 Å². The number of nitrogens with one attached hydrogen (secondary N) is 1. The number of aromatic nitrogens is 8. The van der Waals surface area contributed by atoms with E-state index in [0.29, 0.717) is 77.7 Å². The zero-order valence-corrected chi connectivity index (χ0v) is 21.2. The molecule has 1 amide bonds. The number of hydrogen-bond acceptors (Lipinski definition) is 9. The van der Waals surface area contributed by atoms with E-state index in [4.69, 9.17) is 19.6 Å². The van der Waals surface area contributed by atoms with Gasteiger partial charge in [0, 0.05) is 69.8 Å². The number of morpholine rings is 1. The molecule has 5 aromatic heterocycles. The van der Waals surface area contributed by atoms with E-state index in [0.717, 1.165) is 0 Å². The largest absolute Gasteiger partial charge is 0.497 e. The van der Waals surface area contributed by atoms with Crippen molar-refractivity contribution >= 4 is 23.1 Å².